The molecule has 5 heteroatoms. The lowest BCUT2D eigenvalue weighted by molar-refractivity contribution is 0.414. The normalized spacial score (nSPS) is 10.6. The SMILES string of the molecule is COc1ccc(CCNc2cc(C)nc(Nc3c(C)cc(C)cc3C)n2)cc1. The Labute approximate surface area is 167 Å². The Morgan fingerprint density at radius 1 is 0.893 bits per heavy atom. The third-order valence-corrected chi connectivity index (χ3v) is 4.65. The molecule has 0 fully saturated rings. The molecule has 0 saturated heterocycles. The van der Waals surface area contributed by atoms with Gasteiger partial charge in [0.2, 0.25) is 5.95 Å². The lowest BCUT2D eigenvalue weighted by atomic mass is 10.1. The van der Waals surface area contributed by atoms with Gasteiger partial charge >= 0.3 is 0 Å². The summed E-state index contributed by atoms with van der Waals surface area (Å²) in [5.74, 6) is 2.31. The van der Waals surface area contributed by atoms with Gasteiger partial charge in [0.15, 0.2) is 0 Å². The molecule has 3 rings (SSSR count). The molecular weight excluding hydrogens is 348 g/mol. The summed E-state index contributed by atoms with van der Waals surface area (Å²) in [7, 11) is 1.68. The van der Waals surface area contributed by atoms with Crippen LogP contribution >= 0.6 is 0 Å². The van der Waals surface area contributed by atoms with Crippen LogP contribution in [0.4, 0.5) is 17.5 Å². The zero-order valence-electron chi connectivity index (χ0n) is 17.3. The quantitative estimate of drug-likeness (QED) is 0.599. The lowest BCUT2D eigenvalue weighted by Gasteiger charge is -2.14. The predicted octanol–water partition coefficient (Wildman–Crippen LogP) is 5.12. The van der Waals surface area contributed by atoms with E-state index in [1.165, 1.54) is 22.3 Å². The molecule has 2 aromatic carbocycles. The van der Waals surface area contributed by atoms with Crippen molar-refractivity contribution in [2.45, 2.75) is 34.1 Å². The van der Waals surface area contributed by atoms with Gasteiger partial charge in [-0.1, -0.05) is 29.8 Å². The Hall–Kier alpha value is -3.08. The first-order chi connectivity index (χ1) is 13.4. The van der Waals surface area contributed by atoms with Crippen LogP contribution in [0.5, 0.6) is 5.75 Å². The van der Waals surface area contributed by atoms with E-state index in [4.69, 9.17) is 4.74 Å². The Kier molecular flexibility index (Phi) is 6.14. The number of ether oxygens (including phenoxy) is 1. The van der Waals surface area contributed by atoms with Crippen LogP contribution in [0.15, 0.2) is 42.5 Å². The summed E-state index contributed by atoms with van der Waals surface area (Å²) in [5, 5.41) is 6.80. The van der Waals surface area contributed by atoms with E-state index in [9.17, 15) is 0 Å². The summed E-state index contributed by atoms with van der Waals surface area (Å²) in [6, 6.07) is 14.4. The fraction of sp³-hybridized carbons (Fsp3) is 0.304. The molecule has 3 aromatic rings. The van der Waals surface area contributed by atoms with E-state index in [0.717, 1.165) is 35.9 Å². The molecule has 1 heterocycles. The first kappa shape index (κ1) is 19.7. The van der Waals surface area contributed by atoms with Crippen LogP contribution in [0.1, 0.15) is 27.9 Å². The van der Waals surface area contributed by atoms with E-state index in [1.807, 2.05) is 25.1 Å². The van der Waals surface area contributed by atoms with Crippen molar-refractivity contribution < 1.29 is 4.74 Å². The second kappa shape index (κ2) is 8.74. The topological polar surface area (TPSA) is 59.1 Å². The van der Waals surface area contributed by atoms with E-state index < -0.39 is 0 Å². The van der Waals surface area contributed by atoms with Crippen molar-refractivity contribution in [1.29, 1.82) is 0 Å². The standard InChI is InChI=1S/C23H28N4O/c1-15-12-16(2)22(17(3)13-15)27-23-25-18(4)14-21(26-23)24-11-10-19-6-8-20(28-5)9-7-19/h6-9,12-14H,10-11H2,1-5H3,(H2,24,25,26,27). The van der Waals surface area contributed by atoms with Gasteiger partial charge in [-0.05, 0) is 62.9 Å². The molecule has 0 atom stereocenters. The molecular formula is C23H28N4O. The van der Waals surface area contributed by atoms with Gasteiger partial charge in [0.25, 0.3) is 0 Å². The minimum absolute atomic E-state index is 0.613. The highest BCUT2D eigenvalue weighted by molar-refractivity contribution is 5.64. The zero-order chi connectivity index (χ0) is 20.1. The molecule has 0 aliphatic carbocycles. The number of rotatable bonds is 7. The molecule has 1 aromatic heterocycles. The van der Waals surface area contributed by atoms with Crippen LogP contribution < -0.4 is 15.4 Å². The van der Waals surface area contributed by atoms with Crippen LogP contribution in [0, 0.1) is 27.7 Å². The molecule has 2 N–H and O–H groups in total. The summed E-state index contributed by atoms with van der Waals surface area (Å²) < 4.78 is 5.20. The van der Waals surface area contributed by atoms with Crippen molar-refractivity contribution >= 4 is 17.5 Å². The summed E-state index contributed by atoms with van der Waals surface area (Å²) in [5.41, 5.74) is 6.88. The van der Waals surface area contributed by atoms with Crippen LogP contribution in [0.2, 0.25) is 0 Å². The first-order valence-electron chi connectivity index (χ1n) is 9.52. The summed E-state index contributed by atoms with van der Waals surface area (Å²) in [4.78, 5) is 9.18. The van der Waals surface area contributed by atoms with Crippen molar-refractivity contribution in [1.82, 2.24) is 9.97 Å². The average molecular weight is 377 g/mol. The summed E-state index contributed by atoms with van der Waals surface area (Å²) in [6.07, 6.45) is 0.909. The number of aryl methyl sites for hydroxylation is 4. The van der Waals surface area contributed by atoms with E-state index in [-0.39, 0.29) is 0 Å². The van der Waals surface area contributed by atoms with Gasteiger partial charge in [-0.3, -0.25) is 0 Å². The van der Waals surface area contributed by atoms with Crippen LogP contribution in [0.3, 0.4) is 0 Å². The molecule has 0 saturated carbocycles. The van der Waals surface area contributed by atoms with Gasteiger partial charge in [0, 0.05) is 24.0 Å². The number of aromatic nitrogens is 2. The third kappa shape index (κ3) is 5.00. The fourth-order valence-electron chi connectivity index (χ4n) is 3.33. The highest BCUT2D eigenvalue weighted by Gasteiger charge is 2.08. The second-order valence-electron chi connectivity index (χ2n) is 7.14. The maximum atomic E-state index is 5.20. The Morgan fingerprint density at radius 3 is 2.21 bits per heavy atom. The summed E-state index contributed by atoms with van der Waals surface area (Å²) in [6.45, 7) is 9.09. The van der Waals surface area contributed by atoms with Gasteiger partial charge in [-0.25, -0.2) is 4.98 Å². The van der Waals surface area contributed by atoms with E-state index in [1.54, 1.807) is 7.11 Å². The van der Waals surface area contributed by atoms with E-state index in [0.29, 0.717) is 5.95 Å². The van der Waals surface area contributed by atoms with Crippen LogP contribution in [-0.4, -0.2) is 23.6 Å². The largest absolute Gasteiger partial charge is 0.497 e. The van der Waals surface area contributed by atoms with Crippen molar-refractivity contribution in [2.24, 2.45) is 0 Å². The molecule has 28 heavy (non-hydrogen) atoms. The molecule has 0 aliphatic rings. The smallest absolute Gasteiger partial charge is 0.229 e. The Balaban J connectivity index is 1.67. The molecule has 0 amide bonds. The monoisotopic (exact) mass is 376 g/mol. The van der Waals surface area contributed by atoms with Gasteiger partial charge in [0.1, 0.15) is 11.6 Å². The molecule has 0 aliphatic heterocycles. The maximum absolute atomic E-state index is 5.20. The molecule has 0 radical (unpaired) electrons. The molecule has 0 spiro atoms. The predicted molar refractivity (Wildman–Crippen MR) is 116 cm³/mol. The molecule has 5 nitrogen and oxygen atoms in total. The fourth-order valence-corrected chi connectivity index (χ4v) is 3.33. The number of hydrogen-bond acceptors (Lipinski definition) is 5. The van der Waals surface area contributed by atoms with Crippen LogP contribution in [0.25, 0.3) is 0 Å². The average Bonchev–Trinajstić information content (AvgIpc) is 2.65. The third-order valence-electron chi connectivity index (χ3n) is 4.65. The van der Waals surface area contributed by atoms with Crippen molar-refractivity contribution in [3.63, 3.8) is 0 Å². The minimum Gasteiger partial charge on any atom is -0.497 e. The Bertz CT molecular complexity index is 928. The van der Waals surface area contributed by atoms with Gasteiger partial charge in [-0.15, -0.1) is 0 Å². The van der Waals surface area contributed by atoms with Crippen LogP contribution in [-0.2, 0) is 6.42 Å². The van der Waals surface area contributed by atoms with E-state index in [2.05, 4.69) is 65.6 Å². The highest BCUT2D eigenvalue weighted by atomic mass is 16.5. The van der Waals surface area contributed by atoms with Gasteiger partial charge < -0.3 is 15.4 Å². The van der Waals surface area contributed by atoms with E-state index >= 15 is 0 Å². The minimum atomic E-state index is 0.613. The Morgan fingerprint density at radius 2 is 1.57 bits per heavy atom. The number of methoxy groups -OCH3 is 1. The number of nitrogens with one attached hydrogen (secondary N) is 2. The number of anilines is 3. The summed E-state index contributed by atoms with van der Waals surface area (Å²) >= 11 is 0. The van der Waals surface area contributed by atoms with Gasteiger partial charge in [-0.2, -0.15) is 4.98 Å². The maximum Gasteiger partial charge on any atom is 0.229 e. The number of hydrogen-bond donors (Lipinski definition) is 2. The first-order valence-corrected chi connectivity index (χ1v) is 9.52. The molecule has 0 bridgehead atoms. The van der Waals surface area contributed by atoms with Crippen molar-refractivity contribution in [3.05, 3.63) is 70.4 Å². The molecule has 146 valence electrons. The van der Waals surface area contributed by atoms with Gasteiger partial charge in [0.05, 0.1) is 7.11 Å². The molecule has 0 unspecified atom stereocenters. The van der Waals surface area contributed by atoms with Crippen molar-refractivity contribution in [2.75, 3.05) is 24.3 Å². The second-order valence-corrected chi connectivity index (χ2v) is 7.14. The van der Waals surface area contributed by atoms with Crippen molar-refractivity contribution in [3.8, 4) is 5.75 Å². The number of benzene rings is 2. The highest BCUT2D eigenvalue weighted by Crippen LogP contribution is 2.25. The number of nitrogens with zero attached hydrogens (tertiary/aromatic N) is 2. The zero-order valence-corrected chi connectivity index (χ0v) is 17.3. The lowest BCUT2D eigenvalue weighted by Crippen LogP contribution is -2.09.